The van der Waals surface area contributed by atoms with Crippen molar-refractivity contribution in [1.29, 1.82) is 0 Å². The number of benzene rings is 1. The van der Waals surface area contributed by atoms with Gasteiger partial charge in [0.15, 0.2) is 0 Å². The van der Waals surface area contributed by atoms with Crippen molar-refractivity contribution in [3.8, 4) is 0 Å². The summed E-state index contributed by atoms with van der Waals surface area (Å²) in [5, 5.41) is 8.97. The molecule has 0 aromatic heterocycles. The summed E-state index contributed by atoms with van der Waals surface area (Å²) in [5.41, 5.74) is 0. The maximum absolute atomic E-state index is 13.5. The lowest BCUT2D eigenvalue weighted by molar-refractivity contribution is -0.131. The van der Waals surface area contributed by atoms with E-state index in [1.165, 1.54) is 24.3 Å². The van der Waals surface area contributed by atoms with Crippen molar-refractivity contribution >= 4 is 16.0 Å². The van der Waals surface area contributed by atoms with Crippen molar-refractivity contribution in [1.82, 2.24) is 9.21 Å². The second-order valence-corrected chi connectivity index (χ2v) is 10.2. The molecule has 3 aliphatic rings. The number of hydrogen-bond donors (Lipinski definition) is 1. The number of aliphatic carboxylic acids is 1. The molecule has 4 rings (SSSR count). The molecule has 1 aromatic carbocycles. The Kier molecular flexibility index (Phi) is 5.77. The number of piperidine rings is 3. The second kappa shape index (κ2) is 8.16. The Balaban J connectivity index is 1.71. The number of halogens is 1. The van der Waals surface area contributed by atoms with Crippen LogP contribution in [0.25, 0.3) is 0 Å². The number of rotatable bonds is 5. The molecular formula is C21H27FN2O4S. The first kappa shape index (κ1) is 20.5. The fourth-order valence-electron chi connectivity index (χ4n) is 5.57. The average Bonchev–Trinajstić information content (AvgIpc) is 2.69. The number of carboxylic acid groups (broad SMARTS) is 1. The van der Waals surface area contributed by atoms with Crippen LogP contribution < -0.4 is 0 Å². The molecule has 1 N–H and O–H groups in total. The quantitative estimate of drug-likeness (QED) is 0.739. The number of sulfonamides is 1. The largest absolute Gasteiger partial charge is 0.478 e. The number of carboxylic acids is 1. The molecule has 6 nitrogen and oxygen atoms in total. The third-order valence-corrected chi connectivity index (χ3v) is 8.59. The van der Waals surface area contributed by atoms with E-state index in [0.29, 0.717) is 19.0 Å². The van der Waals surface area contributed by atoms with Crippen LogP contribution in [-0.4, -0.2) is 60.4 Å². The van der Waals surface area contributed by atoms with Crippen LogP contribution in [-0.2, 0) is 14.8 Å². The zero-order valence-electron chi connectivity index (χ0n) is 16.3. The van der Waals surface area contributed by atoms with Crippen molar-refractivity contribution in [2.75, 3.05) is 19.6 Å². The lowest BCUT2D eigenvalue weighted by Gasteiger charge is -2.56. The minimum Gasteiger partial charge on any atom is -0.478 e. The zero-order valence-corrected chi connectivity index (χ0v) is 17.1. The molecule has 0 radical (unpaired) electrons. The third-order valence-electron chi connectivity index (χ3n) is 6.68. The van der Waals surface area contributed by atoms with E-state index < -0.39 is 21.8 Å². The topological polar surface area (TPSA) is 77.9 Å². The molecule has 4 unspecified atom stereocenters. The molecule has 0 saturated carbocycles. The molecule has 3 fully saturated rings. The SMILES string of the molecule is O=C(O)/C=C/CC1C2CCCN3CCCC(CN1S(=O)(=O)c1ccc(F)cc1)C23. The molecule has 0 aliphatic carbocycles. The van der Waals surface area contributed by atoms with Gasteiger partial charge in [0.1, 0.15) is 5.82 Å². The number of carbonyl (C=O) groups is 1. The van der Waals surface area contributed by atoms with Gasteiger partial charge in [-0.15, -0.1) is 0 Å². The minimum atomic E-state index is -3.80. The van der Waals surface area contributed by atoms with E-state index in [9.17, 15) is 17.6 Å². The van der Waals surface area contributed by atoms with Crippen LogP contribution in [0.2, 0.25) is 0 Å². The van der Waals surface area contributed by atoms with E-state index in [0.717, 1.165) is 44.8 Å². The van der Waals surface area contributed by atoms with Crippen LogP contribution in [0.3, 0.4) is 0 Å². The molecule has 0 bridgehead atoms. The van der Waals surface area contributed by atoms with Gasteiger partial charge in [0.2, 0.25) is 10.0 Å². The second-order valence-electron chi connectivity index (χ2n) is 8.31. The molecule has 158 valence electrons. The highest BCUT2D eigenvalue weighted by Gasteiger charge is 2.51. The van der Waals surface area contributed by atoms with Gasteiger partial charge >= 0.3 is 5.97 Å². The van der Waals surface area contributed by atoms with Crippen LogP contribution in [0.5, 0.6) is 0 Å². The van der Waals surface area contributed by atoms with E-state index in [2.05, 4.69) is 4.90 Å². The summed E-state index contributed by atoms with van der Waals surface area (Å²) in [6.45, 7) is 2.54. The van der Waals surface area contributed by atoms with Gasteiger partial charge in [0.05, 0.1) is 4.90 Å². The van der Waals surface area contributed by atoms with Gasteiger partial charge < -0.3 is 5.11 Å². The van der Waals surface area contributed by atoms with Gasteiger partial charge in [-0.25, -0.2) is 17.6 Å². The Bertz CT molecular complexity index is 884. The average molecular weight is 423 g/mol. The van der Waals surface area contributed by atoms with Crippen LogP contribution in [0.15, 0.2) is 41.3 Å². The van der Waals surface area contributed by atoms with Crippen LogP contribution in [0.4, 0.5) is 4.39 Å². The smallest absolute Gasteiger partial charge is 0.327 e. The predicted octanol–water partition coefficient (Wildman–Crippen LogP) is 2.72. The summed E-state index contributed by atoms with van der Waals surface area (Å²) >= 11 is 0. The molecule has 1 aromatic rings. The van der Waals surface area contributed by atoms with Crippen LogP contribution in [0, 0.1) is 17.7 Å². The fourth-order valence-corrected chi connectivity index (χ4v) is 7.31. The fraction of sp³-hybridized carbons (Fsp3) is 0.571. The van der Waals surface area contributed by atoms with Gasteiger partial charge in [-0.3, -0.25) is 4.90 Å². The highest BCUT2D eigenvalue weighted by molar-refractivity contribution is 7.89. The third kappa shape index (κ3) is 3.98. The monoisotopic (exact) mass is 422 g/mol. The molecule has 4 atom stereocenters. The Morgan fingerprint density at radius 2 is 1.86 bits per heavy atom. The molecule has 8 heteroatoms. The molecule has 0 spiro atoms. The maximum Gasteiger partial charge on any atom is 0.327 e. The molecular weight excluding hydrogens is 395 g/mol. The van der Waals surface area contributed by atoms with E-state index in [1.54, 1.807) is 10.4 Å². The minimum absolute atomic E-state index is 0.0908. The lowest BCUT2D eigenvalue weighted by atomic mass is 9.70. The van der Waals surface area contributed by atoms with Crippen molar-refractivity contribution in [3.05, 3.63) is 42.2 Å². The Morgan fingerprint density at radius 1 is 1.17 bits per heavy atom. The highest BCUT2D eigenvalue weighted by Crippen LogP contribution is 2.44. The first-order valence-corrected chi connectivity index (χ1v) is 11.7. The summed E-state index contributed by atoms with van der Waals surface area (Å²) in [5.74, 6) is -1.05. The standard InChI is InChI=1S/C21H27FN2O4S/c22-16-8-10-17(11-9-16)29(27,28)24-14-15-4-2-12-23-13-3-5-18(21(15)23)19(24)6-1-7-20(25)26/h1,7-11,15,18-19,21H,2-6,12-14H2,(H,25,26)/b7-1+. The predicted molar refractivity (Wildman–Crippen MR) is 106 cm³/mol. The van der Waals surface area contributed by atoms with E-state index in [-0.39, 0.29) is 22.8 Å². The van der Waals surface area contributed by atoms with E-state index in [1.807, 2.05) is 0 Å². The molecule has 3 heterocycles. The zero-order chi connectivity index (χ0) is 20.6. The lowest BCUT2D eigenvalue weighted by Crippen LogP contribution is -2.65. The van der Waals surface area contributed by atoms with Gasteiger partial charge in [0.25, 0.3) is 0 Å². The van der Waals surface area contributed by atoms with Gasteiger partial charge in [-0.2, -0.15) is 4.31 Å². The Hall–Kier alpha value is -1.77. The first-order chi connectivity index (χ1) is 13.9. The van der Waals surface area contributed by atoms with Crippen molar-refractivity contribution in [3.63, 3.8) is 0 Å². The van der Waals surface area contributed by atoms with Crippen molar-refractivity contribution in [2.45, 2.75) is 49.1 Å². The molecule has 29 heavy (non-hydrogen) atoms. The molecule has 3 aliphatic heterocycles. The highest BCUT2D eigenvalue weighted by atomic mass is 32.2. The first-order valence-electron chi connectivity index (χ1n) is 10.3. The molecule has 3 saturated heterocycles. The van der Waals surface area contributed by atoms with E-state index >= 15 is 0 Å². The maximum atomic E-state index is 13.5. The van der Waals surface area contributed by atoms with Crippen molar-refractivity contribution in [2.24, 2.45) is 11.8 Å². The summed E-state index contributed by atoms with van der Waals surface area (Å²) in [6.07, 6.45) is 7.08. The Labute approximate surface area is 171 Å². The molecule has 0 amide bonds. The summed E-state index contributed by atoms with van der Waals surface area (Å²) in [6, 6.07) is 5.04. The summed E-state index contributed by atoms with van der Waals surface area (Å²) < 4.78 is 41.9. The van der Waals surface area contributed by atoms with Gasteiger partial charge in [-0.05, 0) is 81.3 Å². The van der Waals surface area contributed by atoms with E-state index in [4.69, 9.17) is 5.11 Å². The summed E-state index contributed by atoms with van der Waals surface area (Å²) in [7, 11) is -3.80. The van der Waals surface area contributed by atoms with Crippen LogP contribution in [0.1, 0.15) is 32.1 Å². The van der Waals surface area contributed by atoms with Gasteiger partial charge in [-0.1, -0.05) is 6.08 Å². The Morgan fingerprint density at radius 3 is 2.55 bits per heavy atom. The van der Waals surface area contributed by atoms with Crippen molar-refractivity contribution < 1.29 is 22.7 Å². The van der Waals surface area contributed by atoms with Gasteiger partial charge in [0, 0.05) is 24.7 Å². The number of nitrogens with zero attached hydrogens (tertiary/aromatic N) is 2. The summed E-state index contributed by atoms with van der Waals surface area (Å²) in [4.78, 5) is 13.6. The normalized spacial score (nSPS) is 30.9. The van der Waals surface area contributed by atoms with Crippen LogP contribution >= 0.6 is 0 Å². The number of hydrogen-bond acceptors (Lipinski definition) is 4.